The molecule has 0 aliphatic heterocycles. The van der Waals surface area contributed by atoms with E-state index in [0.29, 0.717) is 11.2 Å². The second-order valence-electron chi connectivity index (χ2n) is 6.48. The largest absolute Gasteiger partial charge is 0.478 e. The molecule has 0 unspecified atom stereocenters. The molecule has 2 aromatic heterocycles. The summed E-state index contributed by atoms with van der Waals surface area (Å²) in [5.74, 6) is -1.48. The lowest BCUT2D eigenvalue weighted by atomic mass is 10.1. The Bertz CT molecular complexity index is 1200. The van der Waals surface area contributed by atoms with E-state index in [1.807, 2.05) is 40.9 Å². The van der Waals surface area contributed by atoms with E-state index < -0.39 is 11.9 Å². The van der Waals surface area contributed by atoms with Crippen molar-refractivity contribution in [1.82, 2.24) is 9.38 Å². The number of pyridine rings is 1. The number of nitrogens with zero attached hydrogens (tertiary/aromatic N) is 2. The molecule has 0 aliphatic rings. The van der Waals surface area contributed by atoms with Crippen LogP contribution in [0.5, 0.6) is 0 Å². The summed E-state index contributed by atoms with van der Waals surface area (Å²) >= 11 is 0. The number of aromatic carboxylic acids is 1. The quantitative estimate of drug-likeness (QED) is 0.561. The highest BCUT2D eigenvalue weighted by Gasteiger charge is 2.15. The molecule has 0 aliphatic carbocycles. The van der Waals surface area contributed by atoms with Gasteiger partial charge in [-0.3, -0.25) is 4.79 Å². The average molecular weight is 371 g/mol. The van der Waals surface area contributed by atoms with E-state index >= 15 is 0 Å². The van der Waals surface area contributed by atoms with Gasteiger partial charge >= 0.3 is 5.97 Å². The average Bonchev–Trinajstić information content (AvgIpc) is 3.13. The van der Waals surface area contributed by atoms with Crippen molar-refractivity contribution in [3.63, 3.8) is 0 Å². The molecular formula is C22H17N3O3. The van der Waals surface area contributed by atoms with Crippen LogP contribution >= 0.6 is 0 Å². The molecule has 1 amide bonds. The van der Waals surface area contributed by atoms with E-state index in [1.165, 1.54) is 6.07 Å². The second-order valence-corrected chi connectivity index (χ2v) is 6.48. The van der Waals surface area contributed by atoms with E-state index in [4.69, 9.17) is 0 Å². The summed E-state index contributed by atoms with van der Waals surface area (Å²) in [7, 11) is 0. The number of nitrogens with one attached hydrogen (secondary N) is 1. The number of aromatic nitrogens is 2. The van der Waals surface area contributed by atoms with Crippen LogP contribution in [0.2, 0.25) is 0 Å². The van der Waals surface area contributed by atoms with Crippen LogP contribution in [0.15, 0.2) is 73.1 Å². The fourth-order valence-corrected chi connectivity index (χ4v) is 3.01. The number of carbonyl (C=O) groups excluding carboxylic acids is 1. The first-order valence-corrected chi connectivity index (χ1v) is 8.71. The minimum Gasteiger partial charge on any atom is -0.478 e. The van der Waals surface area contributed by atoms with E-state index in [0.717, 1.165) is 16.8 Å². The SMILES string of the molecule is Cc1ccc(NC(=O)c2ccn3cc(-c4ccccc4)nc3c2)c(C(=O)O)c1. The summed E-state index contributed by atoms with van der Waals surface area (Å²) < 4.78 is 1.84. The molecule has 6 heteroatoms. The van der Waals surface area contributed by atoms with E-state index in [9.17, 15) is 14.7 Å². The number of carboxylic acid groups (broad SMARTS) is 1. The molecule has 4 aromatic rings. The number of carbonyl (C=O) groups is 2. The van der Waals surface area contributed by atoms with Crippen LogP contribution in [0, 0.1) is 6.92 Å². The Morgan fingerprint density at radius 2 is 1.82 bits per heavy atom. The molecule has 6 nitrogen and oxygen atoms in total. The fraction of sp³-hybridized carbons (Fsp3) is 0.0455. The van der Waals surface area contributed by atoms with Gasteiger partial charge in [-0.25, -0.2) is 9.78 Å². The molecule has 0 spiro atoms. The van der Waals surface area contributed by atoms with Crippen LogP contribution in [-0.2, 0) is 0 Å². The topological polar surface area (TPSA) is 83.7 Å². The molecule has 138 valence electrons. The van der Waals surface area contributed by atoms with Crippen molar-refractivity contribution in [1.29, 1.82) is 0 Å². The zero-order valence-electron chi connectivity index (χ0n) is 15.1. The molecule has 0 saturated heterocycles. The van der Waals surface area contributed by atoms with Crippen molar-refractivity contribution in [2.24, 2.45) is 0 Å². The molecule has 0 saturated carbocycles. The van der Waals surface area contributed by atoms with Gasteiger partial charge in [0, 0.05) is 23.5 Å². The lowest BCUT2D eigenvalue weighted by Crippen LogP contribution is -2.15. The van der Waals surface area contributed by atoms with Crippen molar-refractivity contribution in [2.45, 2.75) is 6.92 Å². The van der Waals surface area contributed by atoms with E-state index in [2.05, 4.69) is 10.3 Å². The van der Waals surface area contributed by atoms with Gasteiger partial charge in [-0.05, 0) is 31.2 Å². The summed E-state index contributed by atoms with van der Waals surface area (Å²) in [5.41, 5.74) is 3.96. The second kappa shape index (κ2) is 7.00. The number of hydrogen-bond acceptors (Lipinski definition) is 3. The van der Waals surface area contributed by atoms with Gasteiger partial charge in [0.05, 0.1) is 16.9 Å². The fourth-order valence-electron chi connectivity index (χ4n) is 3.01. The Hall–Kier alpha value is -3.93. The molecule has 0 radical (unpaired) electrons. The number of imidazole rings is 1. The Morgan fingerprint density at radius 3 is 2.57 bits per heavy atom. The molecule has 4 rings (SSSR count). The summed E-state index contributed by atoms with van der Waals surface area (Å²) in [5, 5.41) is 12.0. The monoisotopic (exact) mass is 371 g/mol. The maximum Gasteiger partial charge on any atom is 0.337 e. The predicted octanol–water partition coefficient (Wildman–Crippen LogP) is 4.26. The van der Waals surface area contributed by atoms with Gasteiger partial charge in [-0.15, -0.1) is 0 Å². The first-order valence-electron chi connectivity index (χ1n) is 8.71. The zero-order chi connectivity index (χ0) is 19.7. The van der Waals surface area contributed by atoms with Crippen LogP contribution < -0.4 is 5.32 Å². The first kappa shape index (κ1) is 17.5. The molecule has 2 N–H and O–H groups in total. The number of amides is 1. The normalized spacial score (nSPS) is 10.8. The maximum absolute atomic E-state index is 12.7. The number of benzene rings is 2. The standard InChI is InChI=1S/C22H17N3O3/c1-14-7-8-18(17(11-14)22(27)28)24-21(26)16-9-10-25-13-19(23-20(25)12-16)15-5-3-2-4-6-15/h2-13H,1H3,(H,24,26)(H,27,28). The summed E-state index contributed by atoms with van der Waals surface area (Å²) in [4.78, 5) is 28.7. The van der Waals surface area contributed by atoms with Crippen LogP contribution in [-0.4, -0.2) is 26.4 Å². The molecule has 0 atom stereocenters. The van der Waals surface area contributed by atoms with Gasteiger partial charge in [0.25, 0.3) is 5.91 Å². The van der Waals surface area contributed by atoms with Gasteiger partial charge in [0.15, 0.2) is 0 Å². The number of aryl methyl sites for hydroxylation is 1. The Kier molecular flexibility index (Phi) is 4.37. The smallest absolute Gasteiger partial charge is 0.337 e. The Morgan fingerprint density at radius 1 is 1.04 bits per heavy atom. The van der Waals surface area contributed by atoms with Crippen molar-refractivity contribution < 1.29 is 14.7 Å². The molecule has 0 fully saturated rings. The van der Waals surface area contributed by atoms with Gasteiger partial charge in [0.2, 0.25) is 0 Å². The van der Waals surface area contributed by atoms with E-state index in [1.54, 1.807) is 37.4 Å². The van der Waals surface area contributed by atoms with Crippen molar-refractivity contribution in [3.8, 4) is 11.3 Å². The Balaban J connectivity index is 1.64. The summed E-state index contributed by atoms with van der Waals surface area (Å²) in [6.07, 6.45) is 3.66. The first-order chi connectivity index (χ1) is 13.5. The van der Waals surface area contributed by atoms with Gasteiger partial charge < -0.3 is 14.8 Å². The minimum atomic E-state index is -1.09. The van der Waals surface area contributed by atoms with Crippen molar-refractivity contribution >= 4 is 23.2 Å². The van der Waals surface area contributed by atoms with Gasteiger partial charge in [0.1, 0.15) is 5.65 Å². The lowest BCUT2D eigenvalue weighted by Gasteiger charge is -2.09. The third kappa shape index (κ3) is 3.35. The molecule has 2 aromatic carbocycles. The maximum atomic E-state index is 12.7. The molecule has 2 heterocycles. The van der Waals surface area contributed by atoms with Crippen molar-refractivity contribution in [2.75, 3.05) is 5.32 Å². The number of carboxylic acids is 1. The third-order valence-corrected chi connectivity index (χ3v) is 4.45. The van der Waals surface area contributed by atoms with Crippen LogP contribution in [0.4, 0.5) is 5.69 Å². The zero-order valence-corrected chi connectivity index (χ0v) is 15.1. The molecule has 28 heavy (non-hydrogen) atoms. The number of fused-ring (bicyclic) bond motifs is 1. The van der Waals surface area contributed by atoms with E-state index in [-0.39, 0.29) is 11.3 Å². The molecular weight excluding hydrogens is 354 g/mol. The Labute approximate surface area is 161 Å². The number of hydrogen-bond donors (Lipinski definition) is 2. The number of rotatable bonds is 4. The lowest BCUT2D eigenvalue weighted by molar-refractivity contribution is 0.0698. The minimum absolute atomic E-state index is 0.0570. The highest BCUT2D eigenvalue weighted by atomic mass is 16.4. The summed E-state index contributed by atoms with van der Waals surface area (Å²) in [6, 6.07) is 18.0. The summed E-state index contributed by atoms with van der Waals surface area (Å²) in [6.45, 7) is 1.80. The third-order valence-electron chi connectivity index (χ3n) is 4.45. The number of anilines is 1. The highest BCUT2D eigenvalue weighted by Crippen LogP contribution is 2.21. The van der Waals surface area contributed by atoms with Crippen LogP contribution in [0.3, 0.4) is 0 Å². The van der Waals surface area contributed by atoms with Crippen LogP contribution in [0.1, 0.15) is 26.3 Å². The van der Waals surface area contributed by atoms with Gasteiger partial charge in [-0.2, -0.15) is 0 Å². The molecule has 0 bridgehead atoms. The highest BCUT2D eigenvalue weighted by molar-refractivity contribution is 6.08. The predicted molar refractivity (Wildman–Crippen MR) is 107 cm³/mol. The van der Waals surface area contributed by atoms with Crippen molar-refractivity contribution in [3.05, 3.63) is 89.7 Å². The van der Waals surface area contributed by atoms with Gasteiger partial charge in [-0.1, -0.05) is 42.0 Å². The van der Waals surface area contributed by atoms with Crippen LogP contribution in [0.25, 0.3) is 16.9 Å².